The number of hydrogen-bond donors (Lipinski definition) is 0. The van der Waals surface area contributed by atoms with E-state index in [1.807, 2.05) is 0 Å². The zero-order valence-corrected chi connectivity index (χ0v) is 12.1. The van der Waals surface area contributed by atoms with Crippen LogP contribution in [0.2, 0.25) is 10.0 Å². The van der Waals surface area contributed by atoms with E-state index in [-0.39, 0.29) is 5.69 Å². The topological polar surface area (TPSA) is 56.9 Å². The molecule has 0 saturated heterocycles. The fourth-order valence-corrected chi connectivity index (χ4v) is 2.54. The summed E-state index contributed by atoms with van der Waals surface area (Å²) in [7, 11) is 0. The monoisotopic (exact) mass is 318 g/mol. The zero-order valence-electron chi connectivity index (χ0n) is 10.6. The van der Waals surface area contributed by atoms with E-state index in [4.69, 9.17) is 23.2 Å². The van der Waals surface area contributed by atoms with E-state index in [0.717, 1.165) is 6.20 Å². The summed E-state index contributed by atoms with van der Waals surface area (Å²) in [5.74, 6) is 0. The minimum Gasteiger partial charge on any atom is -0.618 e. The highest BCUT2D eigenvalue weighted by atomic mass is 35.5. The summed E-state index contributed by atoms with van der Waals surface area (Å²) >= 11 is 12.2. The van der Waals surface area contributed by atoms with E-state index >= 15 is 0 Å². The standard InChI is InChI=1S/C15H8Cl2N2O2/c16-9-5-6-13-11(7-9)15(19(21)8-14(20)18-13)10-3-1-2-4-12(10)17/h1-8H. The van der Waals surface area contributed by atoms with Crippen molar-refractivity contribution in [3.05, 3.63) is 74.3 Å². The predicted octanol–water partition coefficient (Wildman–Crippen LogP) is 3.20. The predicted molar refractivity (Wildman–Crippen MR) is 82.4 cm³/mol. The molecule has 0 unspecified atom stereocenters. The number of hydrogen-bond acceptors (Lipinski definition) is 3. The molecule has 3 aromatic rings. The molecule has 0 amide bonds. The van der Waals surface area contributed by atoms with E-state index in [2.05, 4.69) is 4.98 Å². The Morgan fingerprint density at radius 2 is 1.86 bits per heavy atom. The Balaban J connectivity index is 2.55. The van der Waals surface area contributed by atoms with Gasteiger partial charge in [-0.15, -0.1) is 0 Å². The Kier molecular flexibility index (Phi) is 3.49. The van der Waals surface area contributed by atoms with Gasteiger partial charge in [-0.2, -0.15) is 4.73 Å². The molecule has 0 saturated carbocycles. The SMILES string of the molecule is O=c1c[n+]([O-])c(-c2ccccc2Cl)c2cc(Cl)ccc2n1. The first kappa shape index (κ1) is 13.8. The minimum absolute atomic E-state index is 0.243. The molecule has 1 aromatic heterocycles. The van der Waals surface area contributed by atoms with Crippen molar-refractivity contribution < 1.29 is 4.73 Å². The van der Waals surface area contributed by atoms with Gasteiger partial charge in [0.05, 0.1) is 21.5 Å². The van der Waals surface area contributed by atoms with Gasteiger partial charge in [-0.25, -0.2) is 4.98 Å². The van der Waals surface area contributed by atoms with Crippen LogP contribution < -0.4 is 10.3 Å². The summed E-state index contributed by atoms with van der Waals surface area (Å²) in [6.45, 7) is 0. The van der Waals surface area contributed by atoms with E-state index in [0.29, 0.717) is 31.2 Å². The molecule has 6 heteroatoms. The normalized spacial score (nSPS) is 10.8. The van der Waals surface area contributed by atoms with E-state index in [9.17, 15) is 10.0 Å². The number of fused-ring (bicyclic) bond motifs is 1. The van der Waals surface area contributed by atoms with E-state index in [1.165, 1.54) is 0 Å². The van der Waals surface area contributed by atoms with Gasteiger partial charge in [0.1, 0.15) is 0 Å². The second-order valence-electron chi connectivity index (χ2n) is 4.39. The molecule has 0 aliphatic rings. The summed E-state index contributed by atoms with van der Waals surface area (Å²) < 4.78 is 0.481. The van der Waals surface area contributed by atoms with E-state index in [1.54, 1.807) is 42.5 Å². The molecular weight excluding hydrogens is 311 g/mol. The highest BCUT2D eigenvalue weighted by Crippen LogP contribution is 2.30. The van der Waals surface area contributed by atoms with Gasteiger partial charge in [-0.05, 0) is 30.3 Å². The van der Waals surface area contributed by atoms with Crippen LogP contribution in [0.4, 0.5) is 0 Å². The van der Waals surface area contributed by atoms with Crippen LogP contribution in [0.5, 0.6) is 0 Å². The lowest BCUT2D eigenvalue weighted by Gasteiger charge is -2.05. The van der Waals surface area contributed by atoms with Gasteiger partial charge in [-0.1, -0.05) is 35.3 Å². The van der Waals surface area contributed by atoms with Crippen LogP contribution in [0.1, 0.15) is 0 Å². The molecule has 0 fully saturated rings. The molecule has 21 heavy (non-hydrogen) atoms. The maximum atomic E-state index is 12.3. The number of halogens is 2. The first-order valence-corrected chi connectivity index (χ1v) is 6.80. The lowest BCUT2D eigenvalue weighted by molar-refractivity contribution is -0.592. The molecule has 0 radical (unpaired) electrons. The maximum Gasteiger partial charge on any atom is 0.335 e. The summed E-state index contributed by atoms with van der Waals surface area (Å²) in [5, 5.41) is 13.6. The highest BCUT2D eigenvalue weighted by Gasteiger charge is 2.17. The molecule has 0 spiro atoms. The lowest BCUT2D eigenvalue weighted by atomic mass is 10.1. The summed E-state index contributed by atoms with van der Waals surface area (Å²) in [4.78, 5) is 15.5. The van der Waals surface area contributed by atoms with Crippen molar-refractivity contribution in [2.45, 2.75) is 0 Å². The fraction of sp³-hybridized carbons (Fsp3) is 0. The molecular formula is C15H8Cl2N2O2. The first-order chi connectivity index (χ1) is 10.1. The van der Waals surface area contributed by atoms with Crippen molar-refractivity contribution in [1.82, 2.24) is 4.98 Å². The van der Waals surface area contributed by atoms with E-state index < -0.39 is 5.56 Å². The zero-order chi connectivity index (χ0) is 15.0. The van der Waals surface area contributed by atoms with Crippen LogP contribution in [0.3, 0.4) is 0 Å². The van der Waals surface area contributed by atoms with Gasteiger partial charge in [-0.3, -0.25) is 4.79 Å². The van der Waals surface area contributed by atoms with Crippen LogP contribution in [0, 0.1) is 5.21 Å². The fourth-order valence-electron chi connectivity index (χ4n) is 2.14. The Hall–Kier alpha value is -2.17. The number of nitrogens with zero attached hydrogens (tertiary/aromatic N) is 2. The van der Waals surface area contributed by atoms with Crippen molar-refractivity contribution in [1.29, 1.82) is 0 Å². The van der Waals surface area contributed by atoms with Crippen molar-refractivity contribution in [3.63, 3.8) is 0 Å². The molecule has 0 aliphatic carbocycles. The first-order valence-electron chi connectivity index (χ1n) is 6.05. The number of rotatable bonds is 1. The van der Waals surface area contributed by atoms with Crippen LogP contribution in [0.25, 0.3) is 22.2 Å². The Bertz CT molecular complexity index is 913. The van der Waals surface area contributed by atoms with Gasteiger partial charge in [0.25, 0.3) is 0 Å². The molecule has 0 bridgehead atoms. The Morgan fingerprint density at radius 1 is 1.10 bits per heavy atom. The molecule has 1 heterocycles. The molecule has 104 valence electrons. The third-order valence-corrected chi connectivity index (χ3v) is 3.59. The average Bonchev–Trinajstić information content (AvgIpc) is 2.55. The molecule has 3 rings (SSSR count). The average molecular weight is 319 g/mol. The lowest BCUT2D eigenvalue weighted by Crippen LogP contribution is -2.30. The summed E-state index contributed by atoms with van der Waals surface area (Å²) in [6.07, 6.45) is 0.882. The van der Waals surface area contributed by atoms with Gasteiger partial charge in [0.2, 0.25) is 11.9 Å². The molecule has 4 nitrogen and oxygen atoms in total. The van der Waals surface area contributed by atoms with Crippen LogP contribution >= 0.6 is 23.2 Å². The largest absolute Gasteiger partial charge is 0.618 e. The van der Waals surface area contributed by atoms with Gasteiger partial charge >= 0.3 is 5.56 Å². The summed E-state index contributed by atoms with van der Waals surface area (Å²) in [5.41, 5.74) is 0.510. The second-order valence-corrected chi connectivity index (χ2v) is 5.24. The van der Waals surface area contributed by atoms with Crippen molar-refractivity contribution in [2.24, 2.45) is 0 Å². The van der Waals surface area contributed by atoms with Gasteiger partial charge in [0, 0.05) is 5.02 Å². The minimum atomic E-state index is -0.629. The van der Waals surface area contributed by atoms with Crippen LogP contribution in [-0.4, -0.2) is 4.98 Å². The number of benzene rings is 2. The molecule has 0 aliphatic heterocycles. The third-order valence-electron chi connectivity index (χ3n) is 3.02. The van der Waals surface area contributed by atoms with Crippen molar-refractivity contribution in [3.8, 4) is 11.3 Å². The van der Waals surface area contributed by atoms with Gasteiger partial charge < -0.3 is 5.21 Å². The molecule has 0 atom stereocenters. The van der Waals surface area contributed by atoms with Crippen molar-refractivity contribution >= 4 is 34.1 Å². The molecule has 0 N–H and O–H groups in total. The van der Waals surface area contributed by atoms with Gasteiger partial charge in [0.15, 0.2) is 0 Å². The van der Waals surface area contributed by atoms with Crippen molar-refractivity contribution in [2.75, 3.05) is 0 Å². The summed E-state index contributed by atoms with van der Waals surface area (Å²) in [6, 6.07) is 11.7. The smallest absolute Gasteiger partial charge is 0.335 e. The quantitative estimate of drug-likeness (QED) is 0.511. The Labute approximate surface area is 129 Å². The third kappa shape index (κ3) is 2.55. The van der Waals surface area contributed by atoms with Crippen LogP contribution in [0.15, 0.2) is 53.5 Å². The Morgan fingerprint density at radius 3 is 2.62 bits per heavy atom. The van der Waals surface area contributed by atoms with Crippen LogP contribution in [-0.2, 0) is 0 Å². The molecule has 2 aromatic carbocycles. The second kappa shape index (κ2) is 5.31. The highest BCUT2D eigenvalue weighted by molar-refractivity contribution is 6.34. The number of aromatic nitrogens is 2. The maximum absolute atomic E-state index is 12.3.